The van der Waals surface area contributed by atoms with Gasteiger partial charge in [-0.2, -0.15) is 0 Å². The van der Waals surface area contributed by atoms with Gasteiger partial charge in [0.2, 0.25) is 0 Å². The van der Waals surface area contributed by atoms with Crippen molar-refractivity contribution in [2.75, 3.05) is 54.1 Å². The first-order chi connectivity index (χ1) is 25.6. The number of carbonyl (C=O) groups is 1. The molecule has 0 heterocycles. The highest BCUT2D eigenvalue weighted by Crippen LogP contribution is 2.43. The fourth-order valence-electron chi connectivity index (χ4n) is 6.31. The largest absolute Gasteiger partial charge is 0.472 e. The summed E-state index contributed by atoms with van der Waals surface area (Å²) in [7, 11) is 1.68. The van der Waals surface area contributed by atoms with Gasteiger partial charge < -0.3 is 18.9 Å². The van der Waals surface area contributed by atoms with Gasteiger partial charge in [-0.25, -0.2) is 4.57 Å². The van der Waals surface area contributed by atoms with Crippen molar-refractivity contribution in [1.82, 2.24) is 0 Å². The topological polar surface area (TPSA) is 91.3 Å². The van der Waals surface area contributed by atoms with Gasteiger partial charge in [0.25, 0.3) is 0 Å². The SMILES string of the molecule is CCCCCCCCCC/C=C\CCCCCCCCCCCC(=O)OC(COCCCCCCCCCCCC)COP(=O)(O)OCC[N+](C)(C)C. The van der Waals surface area contributed by atoms with Crippen LogP contribution in [0.5, 0.6) is 0 Å². The van der Waals surface area contributed by atoms with E-state index in [4.69, 9.17) is 18.5 Å². The van der Waals surface area contributed by atoms with Gasteiger partial charge in [0.1, 0.15) is 19.3 Å². The Balaban J connectivity index is 4.11. The van der Waals surface area contributed by atoms with Crippen LogP contribution in [0.15, 0.2) is 12.2 Å². The minimum atomic E-state index is -4.26. The minimum Gasteiger partial charge on any atom is -0.457 e. The summed E-state index contributed by atoms with van der Waals surface area (Å²) in [6.07, 6.45) is 41.0. The average molecular weight is 775 g/mol. The highest BCUT2D eigenvalue weighted by atomic mass is 31.2. The Morgan fingerprint density at radius 2 is 0.981 bits per heavy atom. The number of phosphoric ester groups is 1. The molecule has 8 nitrogen and oxygen atoms in total. The van der Waals surface area contributed by atoms with Crippen LogP contribution in [0.25, 0.3) is 0 Å². The Morgan fingerprint density at radius 1 is 0.566 bits per heavy atom. The molecule has 0 aromatic rings. The number of rotatable bonds is 42. The number of carbonyl (C=O) groups excluding carboxylic acids is 1. The van der Waals surface area contributed by atoms with Gasteiger partial charge in [-0.15, -0.1) is 0 Å². The van der Waals surface area contributed by atoms with Crippen LogP contribution in [-0.4, -0.2) is 75.6 Å². The summed E-state index contributed by atoms with van der Waals surface area (Å²) in [5.41, 5.74) is 0. The number of hydrogen-bond donors (Lipinski definition) is 1. The Labute approximate surface area is 329 Å². The summed E-state index contributed by atoms with van der Waals surface area (Å²) in [5.74, 6) is -0.313. The smallest absolute Gasteiger partial charge is 0.457 e. The van der Waals surface area contributed by atoms with Crippen LogP contribution in [0.4, 0.5) is 0 Å². The normalized spacial score (nSPS) is 13.8. The van der Waals surface area contributed by atoms with Crippen LogP contribution in [0, 0.1) is 0 Å². The van der Waals surface area contributed by atoms with Crippen LogP contribution in [0.1, 0.15) is 206 Å². The van der Waals surface area contributed by atoms with Crippen molar-refractivity contribution < 1.29 is 37.3 Å². The van der Waals surface area contributed by atoms with Crippen LogP contribution in [0.3, 0.4) is 0 Å². The highest BCUT2D eigenvalue weighted by Gasteiger charge is 2.26. The van der Waals surface area contributed by atoms with E-state index >= 15 is 0 Å². The fraction of sp³-hybridized carbons (Fsp3) is 0.932. The molecule has 0 saturated heterocycles. The molecule has 2 atom stereocenters. The molecule has 0 fully saturated rings. The molecule has 316 valence electrons. The van der Waals surface area contributed by atoms with E-state index in [0.29, 0.717) is 24.1 Å². The quantitative estimate of drug-likeness (QED) is 0.0217. The maximum atomic E-state index is 12.7. The van der Waals surface area contributed by atoms with E-state index in [0.717, 1.165) is 32.1 Å². The van der Waals surface area contributed by atoms with Crippen LogP contribution in [-0.2, 0) is 27.9 Å². The summed E-state index contributed by atoms with van der Waals surface area (Å²) in [6.45, 7) is 5.64. The third kappa shape index (κ3) is 42.2. The van der Waals surface area contributed by atoms with Crippen LogP contribution < -0.4 is 0 Å². The maximum Gasteiger partial charge on any atom is 0.472 e. The Hall–Kier alpha value is -0.760. The first-order valence-corrected chi connectivity index (χ1v) is 23.9. The predicted molar refractivity (Wildman–Crippen MR) is 224 cm³/mol. The molecule has 0 amide bonds. The highest BCUT2D eigenvalue weighted by molar-refractivity contribution is 7.47. The number of allylic oxidation sites excluding steroid dienone is 2. The Kier molecular flexibility index (Phi) is 37.6. The van der Waals surface area contributed by atoms with Gasteiger partial charge in [0.05, 0.1) is 34.4 Å². The molecule has 1 N–H and O–H groups in total. The number of ether oxygens (including phenoxy) is 2. The first-order valence-electron chi connectivity index (χ1n) is 22.4. The molecule has 9 heteroatoms. The summed E-state index contributed by atoms with van der Waals surface area (Å²) in [5, 5.41) is 0. The molecule has 53 heavy (non-hydrogen) atoms. The monoisotopic (exact) mass is 775 g/mol. The number of nitrogens with zero attached hydrogens (tertiary/aromatic N) is 1. The van der Waals surface area contributed by atoms with E-state index in [1.807, 2.05) is 21.1 Å². The average Bonchev–Trinajstić information content (AvgIpc) is 3.11. The summed E-state index contributed by atoms with van der Waals surface area (Å²) < 4.78 is 34.9. The number of hydrogen-bond acceptors (Lipinski definition) is 6. The molecule has 0 aromatic carbocycles. The molecule has 2 unspecified atom stereocenters. The Morgan fingerprint density at radius 3 is 1.43 bits per heavy atom. The van der Waals surface area contributed by atoms with E-state index in [-0.39, 0.29) is 25.8 Å². The zero-order chi connectivity index (χ0) is 39.1. The second-order valence-corrected chi connectivity index (χ2v) is 17.9. The van der Waals surface area contributed by atoms with Gasteiger partial charge in [0.15, 0.2) is 0 Å². The molecule has 0 aliphatic carbocycles. The lowest BCUT2D eigenvalue weighted by atomic mass is 10.1. The predicted octanol–water partition coefficient (Wildman–Crippen LogP) is 13.1. The van der Waals surface area contributed by atoms with Gasteiger partial charge >= 0.3 is 13.8 Å². The molecule has 0 saturated carbocycles. The number of phosphoric acid groups is 1. The van der Waals surface area contributed by atoms with E-state index in [2.05, 4.69) is 26.0 Å². The summed E-state index contributed by atoms with van der Waals surface area (Å²) in [4.78, 5) is 22.9. The van der Waals surface area contributed by atoms with Crippen molar-refractivity contribution in [3.05, 3.63) is 12.2 Å². The zero-order valence-electron chi connectivity index (χ0n) is 35.8. The standard InChI is InChI=1S/C44H88NO7P/c1-6-8-10-12-14-16-18-19-20-21-22-23-24-25-26-27-28-29-31-33-35-37-44(46)52-43(42-51-53(47,48)50-40-38-45(3,4)5)41-49-39-36-34-32-30-17-15-13-11-9-7-2/h21-22,43H,6-20,23-42H2,1-5H3/p+1/b22-21-. The third-order valence-electron chi connectivity index (χ3n) is 9.83. The minimum absolute atomic E-state index is 0.0913. The van der Waals surface area contributed by atoms with Gasteiger partial charge in [0, 0.05) is 13.0 Å². The van der Waals surface area contributed by atoms with Crippen molar-refractivity contribution in [1.29, 1.82) is 0 Å². The molecule has 0 spiro atoms. The summed E-state index contributed by atoms with van der Waals surface area (Å²) in [6, 6.07) is 0. The Bertz CT molecular complexity index is 863. The van der Waals surface area contributed by atoms with Crippen molar-refractivity contribution in [3.8, 4) is 0 Å². The molecule has 0 aliphatic heterocycles. The maximum absolute atomic E-state index is 12.7. The lowest BCUT2D eigenvalue weighted by Gasteiger charge is -2.24. The van der Waals surface area contributed by atoms with Gasteiger partial charge in [-0.05, 0) is 38.5 Å². The second kappa shape index (κ2) is 38.1. The van der Waals surface area contributed by atoms with E-state index in [9.17, 15) is 14.3 Å². The second-order valence-electron chi connectivity index (χ2n) is 16.4. The van der Waals surface area contributed by atoms with E-state index in [1.54, 1.807) is 0 Å². The number of likely N-dealkylation sites (N-methyl/N-ethyl adjacent to an activating group) is 1. The van der Waals surface area contributed by atoms with E-state index < -0.39 is 13.9 Å². The molecule has 0 aromatic heterocycles. The molecule has 0 rings (SSSR count). The van der Waals surface area contributed by atoms with Gasteiger partial charge in [-0.1, -0.05) is 174 Å². The number of esters is 1. The molecular formula is C44H89NO7P+. The van der Waals surface area contributed by atoms with Crippen molar-refractivity contribution in [3.63, 3.8) is 0 Å². The number of quaternary nitrogens is 1. The summed E-state index contributed by atoms with van der Waals surface area (Å²) >= 11 is 0. The van der Waals surface area contributed by atoms with Crippen LogP contribution in [0.2, 0.25) is 0 Å². The van der Waals surface area contributed by atoms with Crippen molar-refractivity contribution in [2.45, 2.75) is 213 Å². The zero-order valence-corrected chi connectivity index (χ0v) is 36.7. The number of unbranched alkanes of at least 4 members (excludes halogenated alkanes) is 26. The molecule has 0 aliphatic rings. The molecule has 0 bridgehead atoms. The van der Waals surface area contributed by atoms with Gasteiger partial charge in [-0.3, -0.25) is 13.8 Å². The van der Waals surface area contributed by atoms with Crippen molar-refractivity contribution in [2.24, 2.45) is 0 Å². The molecular weight excluding hydrogens is 685 g/mol. The van der Waals surface area contributed by atoms with E-state index in [1.165, 1.54) is 154 Å². The van der Waals surface area contributed by atoms with Crippen LogP contribution >= 0.6 is 7.82 Å². The first kappa shape index (κ1) is 52.2. The fourth-order valence-corrected chi connectivity index (χ4v) is 7.05. The van der Waals surface area contributed by atoms with Crippen molar-refractivity contribution >= 4 is 13.8 Å². The molecule has 0 radical (unpaired) electrons. The third-order valence-corrected chi connectivity index (χ3v) is 10.8. The lowest BCUT2D eigenvalue weighted by molar-refractivity contribution is -0.870. The lowest BCUT2D eigenvalue weighted by Crippen LogP contribution is -2.37.